The molecule has 0 unspecified atom stereocenters. The van der Waals surface area contributed by atoms with Gasteiger partial charge in [-0.1, -0.05) is 81.8 Å². The van der Waals surface area contributed by atoms with Crippen molar-refractivity contribution in [3.05, 3.63) is 35.4 Å². The average molecular weight is 260 g/mol. The van der Waals surface area contributed by atoms with Crippen molar-refractivity contribution in [2.45, 2.75) is 17.1 Å². The van der Waals surface area contributed by atoms with Crippen LogP contribution in [0.25, 0.3) is 0 Å². The van der Waals surface area contributed by atoms with E-state index in [-0.39, 0.29) is 0 Å². The molecule has 0 N–H and O–H groups in total. The Morgan fingerprint density at radius 1 is 0.769 bits per heavy atom. The molecule has 0 saturated carbocycles. The lowest BCUT2D eigenvalue weighted by molar-refractivity contribution is 1.40. The highest BCUT2D eigenvalue weighted by Gasteiger charge is 2.11. The van der Waals surface area contributed by atoms with E-state index in [2.05, 4.69) is 38.1 Å². The highest BCUT2D eigenvalue weighted by molar-refractivity contribution is 6.83. The van der Waals surface area contributed by atoms with Crippen molar-refractivity contribution in [2.24, 2.45) is 0 Å². The summed E-state index contributed by atoms with van der Waals surface area (Å²) in [5.41, 5.74) is 2.66. The lowest BCUT2D eigenvalue weighted by Gasteiger charge is -1.91. The van der Waals surface area contributed by atoms with E-state index in [1.54, 1.807) is 0 Å². The van der Waals surface area contributed by atoms with E-state index in [1.807, 2.05) is 0 Å². The fourth-order valence-electron chi connectivity index (χ4n) is 0.637. The Labute approximate surface area is 98.7 Å². The second kappa shape index (κ2) is 5.98. The third-order valence-corrected chi connectivity index (χ3v) is 1.22. The number of hydrogen-bond donors (Lipinski definition) is 0. The van der Waals surface area contributed by atoms with Gasteiger partial charge < -0.3 is 0 Å². The smallest absolute Gasteiger partial charge is 0.0664 e. The summed E-state index contributed by atoms with van der Waals surface area (Å²) in [6.45, 7) is 4.19. The van der Waals surface area contributed by atoms with Gasteiger partial charge in [0.2, 0.25) is 0 Å². The molecule has 0 radical (unpaired) electrons. The van der Waals surface area contributed by atoms with E-state index in [9.17, 15) is 0 Å². The predicted molar refractivity (Wildman–Crippen MR) is 62.1 cm³/mol. The fraction of sp³-hybridized carbons (Fsp3) is 0.333. The minimum absolute atomic E-state index is 1.33. The topological polar surface area (TPSA) is 0 Å². The largest absolute Gasteiger partial charge is 0.266 e. The molecule has 0 aromatic heterocycles. The van der Waals surface area contributed by atoms with Crippen LogP contribution in [0.15, 0.2) is 24.3 Å². The monoisotopic (exact) mass is 258 g/mol. The van der Waals surface area contributed by atoms with E-state index < -0.39 is 3.25 Å². The van der Waals surface area contributed by atoms with Crippen LogP contribution in [0.1, 0.15) is 11.1 Å². The molecule has 4 heteroatoms. The number of benzene rings is 1. The maximum Gasteiger partial charge on any atom is 0.266 e. The van der Waals surface area contributed by atoms with Gasteiger partial charge in [0, 0.05) is 0 Å². The predicted octanol–water partition coefficient (Wildman–Crippen LogP) is 4.86. The number of alkyl halides is 4. The van der Waals surface area contributed by atoms with Crippen LogP contribution in [0.2, 0.25) is 0 Å². The van der Waals surface area contributed by atoms with Gasteiger partial charge in [-0.2, -0.15) is 0 Å². The van der Waals surface area contributed by atoms with Gasteiger partial charge in [-0.3, -0.25) is 0 Å². The van der Waals surface area contributed by atoms with Gasteiger partial charge in [0.05, 0.1) is 0 Å². The maximum atomic E-state index is 4.83. The molecular formula is C9H10Cl4. The summed E-state index contributed by atoms with van der Waals surface area (Å²) in [4.78, 5) is 0. The third-order valence-electron chi connectivity index (χ3n) is 1.22. The number of aryl methyl sites for hydroxylation is 2. The molecule has 0 spiro atoms. The van der Waals surface area contributed by atoms with Crippen LogP contribution in [0, 0.1) is 13.8 Å². The minimum atomic E-state index is -1.61. The van der Waals surface area contributed by atoms with Gasteiger partial charge in [-0.05, 0) is 13.8 Å². The average Bonchev–Trinajstić information content (AvgIpc) is 1.92. The van der Waals surface area contributed by atoms with Crippen LogP contribution in [0.3, 0.4) is 0 Å². The summed E-state index contributed by atoms with van der Waals surface area (Å²) in [7, 11) is 0. The normalized spacial score (nSPS) is 10.3. The van der Waals surface area contributed by atoms with Crippen LogP contribution in [-0.2, 0) is 0 Å². The maximum absolute atomic E-state index is 4.83. The molecule has 1 aromatic carbocycles. The van der Waals surface area contributed by atoms with Crippen LogP contribution >= 0.6 is 46.4 Å². The number of rotatable bonds is 0. The molecule has 0 amide bonds. The number of hydrogen-bond acceptors (Lipinski definition) is 0. The Morgan fingerprint density at radius 2 is 0.923 bits per heavy atom. The van der Waals surface area contributed by atoms with Crippen molar-refractivity contribution < 1.29 is 0 Å². The zero-order valence-corrected chi connectivity index (χ0v) is 10.3. The minimum Gasteiger partial charge on any atom is -0.0664 e. The number of halogens is 4. The zero-order chi connectivity index (χ0) is 10.5. The molecule has 0 heterocycles. The van der Waals surface area contributed by atoms with Gasteiger partial charge in [0.1, 0.15) is 0 Å². The third kappa shape index (κ3) is 12.4. The lowest BCUT2D eigenvalue weighted by atomic mass is 10.2. The van der Waals surface area contributed by atoms with Crippen molar-refractivity contribution in [3.63, 3.8) is 0 Å². The van der Waals surface area contributed by atoms with Gasteiger partial charge in [0.15, 0.2) is 0 Å². The first-order chi connectivity index (χ1) is 5.79. The molecule has 0 atom stereocenters. The first-order valence-electron chi connectivity index (χ1n) is 3.58. The SMILES string of the molecule is Cc1ccc(C)cc1.ClC(Cl)(Cl)Cl. The molecule has 74 valence electrons. The second-order valence-corrected chi connectivity index (χ2v) is 6.01. The summed E-state index contributed by atoms with van der Waals surface area (Å²) in [6, 6.07) is 8.48. The van der Waals surface area contributed by atoms with Gasteiger partial charge in [0.25, 0.3) is 3.25 Å². The highest BCUT2D eigenvalue weighted by atomic mass is 35.6. The van der Waals surface area contributed by atoms with Crippen LogP contribution in [0.5, 0.6) is 0 Å². The van der Waals surface area contributed by atoms with Crippen molar-refractivity contribution >= 4 is 46.4 Å². The summed E-state index contributed by atoms with van der Waals surface area (Å²) in [6.07, 6.45) is 0. The lowest BCUT2D eigenvalue weighted by Crippen LogP contribution is -1.81. The highest BCUT2D eigenvalue weighted by Crippen LogP contribution is 2.29. The Kier molecular flexibility index (Phi) is 6.15. The van der Waals surface area contributed by atoms with E-state index >= 15 is 0 Å². The standard InChI is InChI=1S/C8H10.CCl4/c1-7-3-5-8(2)6-4-7;2-1(3,4)5/h3-6H,1-2H3;. The van der Waals surface area contributed by atoms with Crippen molar-refractivity contribution in [2.75, 3.05) is 0 Å². The molecular weight excluding hydrogens is 250 g/mol. The zero-order valence-electron chi connectivity index (χ0n) is 7.32. The molecule has 0 aliphatic carbocycles. The second-order valence-electron chi connectivity index (χ2n) is 2.58. The molecule has 1 rings (SSSR count). The van der Waals surface area contributed by atoms with E-state index in [0.29, 0.717) is 0 Å². The van der Waals surface area contributed by atoms with Gasteiger partial charge >= 0.3 is 0 Å². The Bertz CT molecular complexity index is 208. The van der Waals surface area contributed by atoms with Crippen LogP contribution in [-0.4, -0.2) is 3.25 Å². The first-order valence-corrected chi connectivity index (χ1v) is 5.09. The van der Waals surface area contributed by atoms with Crippen molar-refractivity contribution in [1.82, 2.24) is 0 Å². The molecule has 13 heavy (non-hydrogen) atoms. The van der Waals surface area contributed by atoms with Gasteiger partial charge in [-0.25, -0.2) is 0 Å². The fourth-order valence-corrected chi connectivity index (χ4v) is 0.637. The first kappa shape index (κ1) is 13.4. The van der Waals surface area contributed by atoms with E-state index in [4.69, 9.17) is 46.4 Å². The van der Waals surface area contributed by atoms with Crippen LogP contribution in [0.4, 0.5) is 0 Å². The Morgan fingerprint density at radius 3 is 1.08 bits per heavy atom. The molecule has 0 aliphatic heterocycles. The molecule has 0 fully saturated rings. The molecule has 0 saturated heterocycles. The summed E-state index contributed by atoms with van der Waals surface area (Å²) < 4.78 is -1.61. The van der Waals surface area contributed by atoms with Crippen molar-refractivity contribution in [3.8, 4) is 0 Å². The van der Waals surface area contributed by atoms with Crippen LogP contribution < -0.4 is 0 Å². The summed E-state index contributed by atoms with van der Waals surface area (Å²) in [5, 5.41) is 0. The Hall–Kier alpha value is 0.380. The summed E-state index contributed by atoms with van der Waals surface area (Å²) >= 11 is 19.3. The molecule has 0 nitrogen and oxygen atoms in total. The molecule has 0 aliphatic rings. The van der Waals surface area contributed by atoms with Gasteiger partial charge in [-0.15, -0.1) is 0 Å². The quantitative estimate of drug-likeness (QED) is 0.584. The Balaban J connectivity index is 0.000000252. The van der Waals surface area contributed by atoms with Crippen molar-refractivity contribution in [1.29, 1.82) is 0 Å². The molecule has 0 bridgehead atoms. The molecule has 1 aromatic rings. The summed E-state index contributed by atoms with van der Waals surface area (Å²) in [5.74, 6) is 0. The van der Waals surface area contributed by atoms with E-state index in [1.165, 1.54) is 11.1 Å². The van der Waals surface area contributed by atoms with E-state index in [0.717, 1.165) is 0 Å².